The summed E-state index contributed by atoms with van der Waals surface area (Å²) < 4.78 is 5.57. The van der Waals surface area contributed by atoms with Crippen LogP contribution in [-0.2, 0) is 4.74 Å². The number of nitrogens with zero attached hydrogens (tertiary/aromatic N) is 2. The van der Waals surface area contributed by atoms with Crippen molar-refractivity contribution in [3.8, 4) is 0 Å². The van der Waals surface area contributed by atoms with Crippen LogP contribution >= 0.6 is 0 Å². The average Bonchev–Trinajstić information content (AvgIpc) is 3.02. The third-order valence-electron chi connectivity index (χ3n) is 4.14. The maximum Gasteiger partial charge on any atom is 0.191 e. The average molecular weight is 313 g/mol. The molecule has 1 aliphatic rings. The molecule has 0 aliphatic heterocycles. The lowest BCUT2D eigenvalue weighted by Crippen LogP contribution is -2.42. The molecule has 0 heterocycles. The van der Waals surface area contributed by atoms with Gasteiger partial charge in [0.05, 0.1) is 0 Å². The van der Waals surface area contributed by atoms with Gasteiger partial charge in [-0.1, -0.05) is 26.7 Å². The number of hydrogen-bond acceptors (Lipinski definition) is 3. The Balaban J connectivity index is 2.02. The monoisotopic (exact) mass is 312 g/mol. The number of rotatable bonds is 10. The second kappa shape index (κ2) is 11.7. The van der Waals surface area contributed by atoms with Crippen molar-refractivity contribution in [2.75, 3.05) is 46.9 Å². The lowest BCUT2D eigenvalue weighted by Gasteiger charge is -2.24. The predicted molar refractivity (Wildman–Crippen MR) is 94.5 cm³/mol. The molecule has 22 heavy (non-hydrogen) atoms. The zero-order valence-electron chi connectivity index (χ0n) is 15.0. The summed E-state index contributed by atoms with van der Waals surface area (Å²) in [4.78, 5) is 6.74. The predicted octanol–water partition coefficient (Wildman–Crippen LogP) is 2.09. The summed E-state index contributed by atoms with van der Waals surface area (Å²) in [5.74, 6) is 1.50. The van der Waals surface area contributed by atoms with E-state index < -0.39 is 0 Å². The highest BCUT2D eigenvalue weighted by molar-refractivity contribution is 5.79. The quantitative estimate of drug-likeness (QED) is 0.368. The van der Waals surface area contributed by atoms with Gasteiger partial charge in [-0.2, -0.15) is 0 Å². The number of guanidine groups is 1. The molecule has 0 radical (unpaired) electrons. The molecular weight excluding hydrogens is 276 g/mol. The molecule has 130 valence electrons. The van der Waals surface area contributed by atoms with E-state index in [4.69, 9.17) is 4.74 Å². The topological polar surface area (TPSA) is 48.9 Å². The molecule has 2 N–H and O–H groups in total. The van der Waals surface area contributed by atoms with Crippen LogP contribution in [0.25, 0.3) is 0 Å². The molecule has 0 bridgehead atoms. The van der Waals surface area contributed by atoms with Crippen molar-refractivity contribution in [2.24, 2.45) is 10.9 Å². The molecule has 5 heteroatoms. The molecule has 0 amide bonds. The van der Waals surface area contributed by atoms with Gasteiger partial charge in [0.15, 0.2) is 5.96 Å². The molecule has 0 aromatic carbocycles. The molecular formula is C17H36N4O. The summed E-state index contributed by atoms with van der Waals surface area (Å²) in [6.07, 6.45) is 6.52. The highest BCUT2D eigenvalue weighted by atomic mass is 16.5. The van der Waals surface area contributed by atoms with E-state index in [2.05, 4.69) is 41.4 Å². The van der Waals surface area contributed by atoms with Crippen LogP contribution in [0.3, 0.4) is 0 Å². The molecule has 1 aliphatic carbocycles. The summed E-state index contributed by atoms with van der Waals surface area (Å²) in [6.45, 7) is 8.92. The van der Waals surface area contributed by atoms with Crippen LogP contribution in [0.4, 0.5) is 0 Å². The third-order valence-corrected chi connectivity index (χ3v) is 4.14. The van der Waals surface area contributed by atoms with Crippen LogP contribution in [0.1, 0.15) is 46.0 Å². The van der Waals surface area contributed by atoms with Gasteiger partial charge in [-0.15, -0.1) is 0 Å². The Morgan fingerprint density at radius 2 is 1.91 bits per heavy atom. The molecule has 0 atom stereocenters. The maximum absolute atomic E-state index is 5.57. The van der Waals surface area contributed by atoms with E-state index in [0.29, 0.717) is 5.92 Å². The molecule has 1 saturated carbocycles. The zero-order chi connectivity index (χ0) is 16.2. The summed E-state index contributed by atoms with van der Waals surface area (Å²) >= 11 is 0. The fourth-order valence-electron chi connectivity index (χ4n) is 2.80. The van der Waals surface area contributed by atoms with E-state index in [0.717, 1.165) is 51.3 Å². The lowest BCUT2D eigenvalue weighted by molar-refractivity contribution is 0.108. The second-order valence-corrected chi connectivity index (χ2v) is 6.67. The molecule has 0 saturated heterocycles. The van der Waals surface area contributed by atoms with Crippen molar-refractivity contribution in [2.45, 2.75) is 52.0 Å². The Kier molecular flexibility index (Phi) is 10.2. The smallest absolute Gasteiger partial charge is 0.191 e. The minimum Gasteiger partial charge on any atom is -0.381 e. The first kappa shape index (κ1) is 19.2. The molecule has 1 rings (SSSR count). The van der Waals surface area contributed by atoms with Crippen molar-refractivity contribution in [1.29, 1.82) is 0 Å². The Morgan fingerprint density at radius 3 is 2.55 bits per heavy atom. The normalized spacial score (nSPS) is 16.7. The minimum atomic E-state index is 0.610. The largest absolute Gasteiger partial charge is 0.381 e. The summed E-state index contributed by atoms with van der Waals surface area (Å²) in [6, 6.07) is 0.787. The van der Waals surface area contributed by atoms with Gasteiger partial charge in [0, 0.05) is 45.9 Å². The Morgan fingerprint density at radius 1 is 1.23 bits per heavy atom. The summed E-state index contributed by atoms with van der Waals surface area (Å²) in [5, 5.41) is 6.73. The van der Waals surface area contributed by atoms with Crippen molar-refractivity contribution >= 4 is 5.96 Å². The van der Waals surface area contributed by atoms with Crippen molar-refractivity contribution in [3.63, 3.8) is 0 Å². The van der Waals surface area contributed by atoms with E-state index in [1.54, 1.807) is 0 Å². The summed E-state index contributed by atoms with van der Waals surface area (Å²) in [5.41, 5.74) is 0. The molecule has 0 spiro atoms. The van der Waals surface area contributed by atoms with Crippen molar-refractivity contribution < 1.29 is 4.74 Å². The van der Waals surface area contributed by atoms with Gasteiger partial charge in [-0.25, -0.2) is 0 Å². The van der Waals surface area contributed by atoms with E-state index >= 15 is 0 Å². The zero-order valence-corrected chi connectivity index (χ0v) is 15.0. The number of hydrogen-bond donors (Lipinski definition) is 2. The van der Waals surface area contributed by atoms with Gasteiger partial charge in [-0.3, -0.25) is 4.99 Å². The fourth-order valence-corrected chi connectivity index (χ4v) is 2.80. The van der Waals surface area contributed by atoms with Crippen LogP contribution in [0.5, 0.6) is 0 Å². The Hall–Kier alpha value is -0.810. The van der Waals surface area contributed by atoms with Crippen LogP contribution in [0, 0.1) is 5.92 Å². The first-order chi connectivity index (χ1) is 10.6. The van der Waals surface area contributed by atoms with Gasteiger partial charge >= 0.3 is 0 Å². The minimum absolute atomic E-state index is 0.610. The molecule has 0 unspecified atom stereocenters. The van der Waals surface area contributed by atoms with Crippen LogP contribution in [-0.4, -0.2) is 63.8 Å². The second-order valence-electron chi connectivity index (χ2n) is 6.67. The SMILES string of the molecule is CN=C(NCCCOCC(C)C)NCCN(C)C1CCCC1. The molecule has 0 aromatic rings. The number of nitrogens with one attached hydrogen (secondary N) is 2. The van der Waals surface area contributed by atoms with Gasteiger partial charge < -0.3 is 20.3 Å². The standard InChI is InChI=1S/C17H36N4O/c1-15(2)14-22-13-7-10-19-17(18-3)20-11-12-21(4)16-8-5-6-9-16/h15-16H,5-14H2,1-4H3,(H2,18,19,20). The first-order valence-corrected chi connectivity index (χ1v) is 8.86. The Labute approximate surface area is 136 Å². The Bertz CT molecular complexity index is 301. The van der Waals surface area contributed by atoms with Crippen molar-refractivity contribution in [1.82, 2.24) is 15.5 Å². The number of aliphatic imine (C=N–C) groups is 1. The summed E-state index contributed by atoms with van der Waals surface area (Å²) in [7, 11) is 4.06. The molecule has 1 fully saturated rings. The van der Waals surface area contributed by atoms with E-state index in [1.165, 1.54) is 25.7 Å². The van der Waals surface area contributed by atoms with Crippen LogP contribution in [0.2, 0.25) is 0 Å². The first-order valence-electron chi connectivity index (χ1n) is 8.86. The maximum atomic E-state index is 5.57. The number of likely N-dealkylation sites (N-methyl/N-ethyl adjacent to an activating group) is 1. The fraction of sp³-hybridized carbons (Fsp3) is 0.941. The highest BCUT2D eigenvalue weighted by Gasteiger charge is 2.18. The number of ether oxygens (including phenoxy) is 1. The van der Waals surface area contributed by atoms with Gasteiger partial charge in [0.25, 0.3) is 0 Å². The molecule has 5 nitrogen and oxygen atoms in total. The van der Waals surface area contributed by atoms with Gasteiger partial charge in [-0.05, 0) is 32.2 Å². The van der Waals surface area contributed by atoms with Crippen LogP contribution < -0.4 is 10.6 Å². The van der Waals surface area contributed by atoms with E-state index in [1.807, 2.05) is 7.05 Å². The third kappa shape index (κ3) is 8.59. The highest BCUT2D eigenvalue weighted by Crippen LogP contribution is 2.21. The van der Waals surface area contributed by atoms with Crippen LogP contribution in [0.15, 0.2) is 4.99 Å². The lowest BCUT2D eigenvalue weighted by atomic mass is 10.2. The van der Waals surface area contributed by atoms with E-state index in [-0.39, 0.29) is 0 Å². The van der Waals surface area contributed by atoms with Gasteiger partial charge in [0.2, 0.25) is 0 Å². The van der Waals surface area contributed by atoms with E-state index in [9.17, 15) is 0 Å². The van der Waals surface area contributed by atoms with Crippen molar-refractivity contribution in [3.05, 3.63) is 0 Å². The van der Waals surface area contributed by atoms with Gasteiger partial charge in [0.1, 0.15) is 0 Å². The molecule has 0 aromatic heterocycles.